The lowest BCUT2D eigenvalue weighted by Gasteiger charge is -2.34. The number of nitrogens with one attached hydrogen (secondary N) is 1. The number of amides is 1. The zero-order valence-electron chi connectivity index (χ0n) is 11.5. The van der Waals surface area contributed by atoms with Gasteiger partial charge in [0.1, 0.15) is 11.8 Å². The topological polar surface area (TPSA) is 55.8 Å². The Labute approximate surface area is 113 Å². The number of carbonyl (C=O) groups excluding carboxylic acids is 1. The van der Waals surface area contributed by atoms with Gasteiger partial charge in [-0.1, -0.05) is 0 Å². The van der Waals surface area contributed by atoms with Gasteiger partial charge in [0.25, 0.3) is 0 Å². The van der Waals surface area contributed by atoms with Crippen molar-refractivity contribution < 1.29 is 9.90 Å². The summed E-state index contributed by atoms with van der Waals surface area (Å²) in [5, 5.41) is 12.5. The Morgan fingerprint density at radius 3 is 2.47 bits per heavy atom. The van der Waals surface area contributed by atoms with Crippen molar-refractivity contribution in [3.05, 3.63) is 24.3 Å². The fraction of sp³-hybridized carbons (Fsp3) is 0.500. The highest BCUT2D eigenvalue weighted by molar-refractivity contribution is 5.85. The number of carbonyl (C=O) groups is 1. The van der Waals surface area contributed by atoms with E-state index in [1.165, 1.54) is 0 Å². The van der Waals surface area contributed by atoms with Crippen LogP contribution in [0.25, 0.3) is 0 Å². The fourth-order valence-corrected chi connectivity index (χ4v) is 2.23. The molecule has 1 aromatic carbocycles. The molecule has 104 valence electrons. The average molecular weight is 263 g/mol. The van der Waals surface area contributed by atoms with E-state index in [2.05, 4.69) is 5.32 Å². The number of anilines is 1. The Balaban J connectivity index is 2.03. The Bertz CT molecular complexity index is 427. The summed E-state index contributed by atoms with van der Waals surface area (Å²) in [5.41, 5.74) is 0.925. The van der Waals surface area contributed by atoms with Gasteiger partial charge in [0.05, 0.1) is 0 Å². The van der Waals surface area contributed by atoms with Crippen LogP contribution in [0.1, 0.15) is 6.92 Å². The number of rotatable bonds is 3. The summed E-state index contributed by atoms with van der Waals surface area (Å²) in [6.45, 7) is 5.18. The predicted octanol–water partition coefficient (Wildman–Crippen LogP) is 0.649. The molecule has 0 spiro atoms. The molecule has 0 radical (unpaired) electrons. The molecule has 1 atom stereocenters. The smallest absolute Gasteiger partial charge is 0.245 e. The normalized spacial score (nSPS) is 17.1. The lowest BCUT2D eigenvalue weighted by atomic mass is 10.2. The van der Waals surface area contributed by atoms with E-state index in [1.807, 2.05) is 35.9 Å². The Hall–Kier alpha value is -1.75. The van der Waals surface area contributed by atoms with Crippen LogP contribution in [0.3, 0.4) is 0 Å². The minimum atomic E-state index is -0.206. The lowest BCUT2D eigenvalue weighted by Crippen LogP contribution is -2.52. The summed E-state index contributed by atoms with van der Waals surface area (Å²) in [6, 6.07) is 6.69. The molecule has 0 aromatic heterocycles. The highest BCUT2D eigenvalue weighted by Gasteiger charge is 2.25. The molecule has 1 amide bonds. The molecule has 1 unspecified atom stereocenters. The van der Waals surface area contributed by atoms with Gasteiger partial charge in [-0.05, 0) is 31.2 Å². The highest BCUT2D eigenvalue weighted by atomic mass is 16.3. The molecule has 1 aromatic rings. The van der Waals surface area contributed by atoms with Crippen LogP contribution < -0.4 is 10.2 Å². The van der Waals surface area contributed by atoms with Crippen LogP contribution in [0.4, 0.5) is 5.69 Å². The minimum absolute atomic E-state index is 0.150. The first-order valence-corrected chi connectivity index (χ1v) is 6.61. The first-order chi connectivity index (χ1) is 9.09. The van der Waals surface area contributed by atoms with Gasteiger partial charge in [0, 0.05) is 38.9 Å². The van der Waals surface area contributed by atoms with Gasteiger partial charge >= 0.3 is 0 Å². The molecule has 0 bridgehead atoms. The van der Waals surface area contributed by atoms with Gasteiger partial charge in [0.2, 0.25) is 5.91 Å². The SMILES string of the molecule is CC(C(=O)N1CCNCC1)N(C)c1ccc(O)cc1. The Morgan fingerprint density at radius 2 is 1.89 bits per heavy atom. The van der Waals surface area contributed by atoms with E-state index >= 15 is 0 Å². The molecule has 0 aliphatic carbocycles. The van der Waals surface area contributed by atoms with Crippen molar-refractivity contribution in [2.45, 2.75) is 13.0 Å². The number of phenols is 1. The number of hydrogen-bond acceptors (Lipinski definition) is 4. The number of phenolic OH excluding ortho intramolecular Hbond substituents is 1. The third kappa shape index (κ3) is 3.17. The number of piperazine rings is 1. The van der Waals surface area contributed by atoms with E-state index in [0.29, 0.717) is 0 Å². The van der Waals surface area contributed by atoms with Gasteiger partial charge < -0.3 is 20.2 Å². The third-order valence-corrected chi connectivity index (χ3v) is 3.62. The molecule has 19 heavy (non-hydrogen) atoms. The maximum absolute atomic E-state index is 12.4. The summed E-state index contributed by atoms with van der Waals surface area (Å²) in [4.78, 5) is 16.2. The Morgan fingerprint density at radius 1 is 1.32 bits per heavy atom. The predicted molar refractivity (Wildman–Crippen MR) is 75.4 cm³/mol. The van der Waals surface area contributed by atoms with Gasteiger partial charge in [-0.15, -0.1) is 0 Å². The molecular formula is C14H21N3O2. The van der Waals surface area contributed by atoms with Crippen molar-refractivity contribution in [3.8, 4) is 5.75 Å². The van der Waals surface area contributed by atoms with E-state index in [1.54, 1.807) is 12.1 Å². The van der Waals surface area contributed by atoms with Crippen molar-refractivity contribution in [1.29, 1.82) is 0 Å². The average Bonchev–Trinajstić information content (AvgIpc) is 2.46. The monoisotopic (exact) mass is 263 g/mol. The molecule has 2 rings (SSSR count). The number of hydrogen-bond donors (Lipinski definition) is 2. The molecular weight excluding hydrogens is 242 g/mol. The fourth-order valence-electron chi connectivity index (χ4n) is 2.23. The Kier molecular flexibility index (Phi) is 4.27. The van der Waals surface area contributed by atoms with Crippen molar-refractivity contribution >= 4 is 11.6 Å². The number of nitrogens with zero attached hydrogens (tertiary/aromatic N) is 2. The quantitative estimate of drug-likeness (QED) is 0.840. The molecule has 1 aliphatic rings. The first kappa shape index (κ1) is 13.7. The van der Waals surface area contributed by atoms with Gasteiger partial charge in [-0.25, -0.2) is 0 Å². The molecule has 1 aliphatic heterocycles. The van der Waals surface area contributed by atoms with E-state index in [-0.39, 0.29) is 17.7 Å². The molecule has 2 N–H and O–H groups in total. The van der Waals surface area contributed by atoms with Gasteiger partial charge in [-0.2, -0.15) is 0 Å². The van der Waals surface area contributed by atoms with Gasteiger partial charge in [-0.3, -0.25) is 4.79 Å². The molecule has 1 heterocycles. The van der Waals surface area contributed by atoms with Crippen LogP contribution in [0.5, 0.6) is 5.75 Å². The van der Waals surface area contributed by atoms with E-state index in [4.69, 9.17) is 0 Å². The second kappa shape index (κ2) is 5.93. The first-order valence-electron chi connectivity index (χ1n) is 6.61. The van der Waals surface area contributed by atoms with Crippen molar-refractivity contribution in [2.75, 3.05) is 38.1 Å². The molecule has 5 heteroatoms. The zero-order valence-corrected chi connectivity index (χ0v) is 11.5. The summed E-state index contributed by atoms with van der Waals surface area (Å²) in [6.07, 6.45) is 0. The van der Waals surface area contributed by atoms with Crippen LogP contribution in [0.2, 0.25) is 0 Å². The van der Waals surface area contributed by atoms with Crippen molar-refractivity contribution in [1.82, 2.24) is 10.2 Å². The maximum Gasteiger partial charge on any atom is 0.245 e. The summed E-state index contributed by atoms with van der Waals surface area (Å²) < 4.78 is 0. The van der Waals surface area contributed by atoms with Crippen LogP contribution >= 0.6 is 0 Å². The second-order valence-electron chi connectivity index (χ2n) is 4.88. The lowest BCUT2D eigenvalue weighted by molar-refractivity contribution is -0.132. The van der Waals surface area contributed by atoms with E-state index in [9.17, 15) is 9.90 Å². The number of likely N-dealkylation sites (N-methyl/N-ethyl adjacent to an activating group) is 1. The minimum Gasteiger partial charge on any atom is -0.508 e. The number of aromatic hydroxyl groups is 1. The van der Waals surface area contributed by atoms with Crippen LogP contribution in [-0.4, -0.2) is 55.2 Å². The molecule has 0 saturated carbocycles. The van der Waals surface area contributed by atoms with Crippen LogP contribution in [-0.2, 0) is 4.79 Å². The molecule has 1 fully saturated rings. The zero-order chi connectivity index (χ0) is 13.8. The van der Waals surface area contributed by atoms with E-state index < -0.39 is 0 Å². The summed E-state index contributed by atoms with van der Waals surface area (Å²) >= 11 is 0. The standard InChI is InChI=1S/C14H21N3O2/c1-11(14(19)17-9-7-15-8-10-17)16(2)12-3-5-13(18)6-4-12/h3-6,11,15,18H,7-10H2,1-2H3. The molecule has 1 saturated heterocycles. The van der Waals surface area contributed by atoms with Crippen LogP contribution in [0, 0.1) is 0 Å². The largest absolute Gasteiger partial charge is 0.508 e. The van der Waals surface area contributed by atoms with Crippen molar-refractivity contribution in [2.24, 2.45) is 0 Å². The van der Waals surface area contributed by atoms with Crippen molar-refractivity contribution in [3.63, 3.8) is 0 Å². The molecule has 5 nitrogen and oxygen atoms in total. The summed E-state index contributed by atoms with van der Waals surface area (Å²) in [7, 11) is 1.90. The van der Waals surface area contributed by atoms with Gasteiger partial charge in [0.15, 0.2) is 0 Å². The number of benzene rings is 1. The maximum atomic E-state index is 12.4. The highest BCUT2D eigenvalue weighted by Crippen LogP contribution is 2.19. The second-order valence-corrected chi connectivity index (χ2v) is 4.88. The third-order valence-electron chi connectivity index (χ3n) is 3.62. The van der Waals surface area contributed by atoms with E-state index in [0.717, 1.165) is 31.9 Å². The summed E-state index contributed by atoms with van der Waals surface area (Å²) in [5.74, 6) is 0.385. The van der Waals surface area contributed by atoms with Crippen LogP contribution in [0.15, 0.2) is 24.3 Å².